The van der Waals surface area contributed by atoms with Gasteiger partial charge in [0.15, 0.2) is 6.29 Å². The summed E-state index contributed by atoms with van der Waals surface area (Å²) in [6.45, 7) is 0.0603. The molecule has 0 amide bonds. The van der Waals surface area contributed by atoms with Crippen molar-refractivity contribution in [2.75, 3.05) is 13.7 Å². The topological polar surface area (TPSA) is 105 Å². The molecule has 1 rings (SSSR count). The van der Waals surface area contributed by atoms with Gasteiger partial charge in [0.2, 0.25) is 0 Å². The van der Waals surface area contributed by atoms with Crippen LogP contribution in [0.1, 0.15) is 0 Å². The van der Waals surface area contributed by atoms with E-state index in [-0.39, 0.29) is 6.54 Å². The number of ether oxygens (including phenoxy) is 2. The maximum absolute atomic E-state index is 9.35. The van der Waals surface area contributed by atoms with Crippen LogP contribution in [0.15, 0.2) is 0 Å². The summed E-state index contributed by atoms with van der Waals surface area (Å²) in [7, 11) is 1.34. The molecule has 0 radical (unpaired) electrons. The molecule has 0 aromatic carbocycles. The first-order chi connectivity index (χ1) is 6.11. The fraction of sp³-hybridized carbons (Fsp3) is 1.00. The Morgan fingerprint density at radius 2 is 1.85 bits per heavy atom. The van der Waals surface area contributed by atoms with Crippen LogP contribution in [0, 0.1) is 0 Å². The Morgan fingerprint density at radius 1 is 1.23 bits per heavy atom. The lowest BCUT2D eigenvalue weighted by Gasteiger charge is -2.39. The largest absolute Gasteiger partial charge is 0.388 e. The maximum atomic E-state index is 9.35. The SMILES string of the molecule is CO[C@@H]1O[C@@H](CN)[C@@H](O)[C@@H](O)[C@H]1O. The van der Waals surface area contributed by atoms with Gasteiger partial charge in [-0.1, -0.05) is 0 Å². The first-order valence-electron chi connectivity index (χ1n) is 4.04. The average Bonchev–Trinajstić information content (AvgIpc) is 2.15. The van der Waals surface area contributed by atoms with Crippen molar-refractivity contribution in [3.05, 3.63) is 0 Å². The standard InChI is InChI=1S/C7H15NO5/c1-12-7-6(11)5(10)4(9)3(2-8)13-7/h3-7,9-11H,2,8H2,1H3/t3-,4+,5+,6+,7+/m0/s1. The molecule has 5 atom stereocenters. The van der Waals surface area contributed by atoms with Crippen molar-refractivity contribution in [3.63, 3.8) is 0 Å². The summed E-state index contributed by atoms with van der Waals surface area (Å²) in [6.07, 6.45) is -5.35. The number of rotatable bonds is 2. The molecule has 1 fully saturated rings. The smallest absolute Gasteiger partial charge is 0.186 e. The Morgan fingerprint density at radius 3 is 2.31 bits per heavy atom. The van der Waals surface area contributed by atoms with E-state index in [0.29, 0.717) is 0 Å². The molecule has 0 unspecified atom stereocenters. The van der Waals surface area contributed by atoms with Crippen molar-refractivity contribution in [2.45, 2.75) is 30.7 Å². The third-order valence-corrected chi connectivity index (χ3v) is 2.13. The number of hydrogen-bond donors (Lipinski definition) is 4. The van der Waals surface area contributed by atoms with Gasteiger partial charge in [0.1, 0.15) is 24.4 Å². The second kappa shape index (κ2) is 4.32. The summed E-state index contributed by atoms with van der Waals surface area (Å²) in [6, 6.07) is 0. The summed E-state index contributed by atoms with van der Waals surface area (Å²) >= 11 is 0. The molecule has 0 aliphatic carbocycles. The molecule has 1 heterocycles. The van der Waals surface area contributed by atoms with Crippen molar-refractivity contribution in [1.29, 1.82) is 0 Å². The van der Waals surface area contributed by atoms with Crippen molar-refractivity contribution in [3.8, 4) is 0 Å². The van der Waals surface area contributed by atoms with Gasteiger partial charge in [-0.2, -0.15) is 0 Å². The second-order valence-corrected chi connectivity index (χ2v) is 2.99. The fourth-order valence-corrected chi connectivity index (χ4v) is 1.31. The minimum Gasteiger partial charge on any atom is -0.388 e. The van der Waals surface area contributed by atoms with Gasteiger partial charge in [-0.25, -0.2) is 0 Å². The first kappa shape index (κ1) is 10.8. The van der Waals surface area contributed by atoms with Crippen LogP contribution in [-0.4, -0.2) is 59.7 Å². The minimum absolute atomic E-state index is 0.0603. The Bertz CT molecular complexity index is 147. The maximum Gasteiger partial charge on any atom is 0.186 e. The Hall–Kier alpha value is -0.240. The third kappa shape index (κ3) is 1.98. The lowest BCUT2D eigenvalue weighted by Crippen LogP contribution is -2.59. The summed E-state index contributed by atoms with van der Waals surface area (Å²) in [5, 5.41) is 28.0. The average molecular weight is 193 g/mol. The molecule has 1 saturated heterocycles. The molecule has 1 aliphatic heterocycles. The zero-order chi connectivity index (χ0) is 10.0. The van der Waals surface area contributed by atoms with E-state index in [0.717, 1.165) is 0 Å². The minimum atomic E-state index is -1.28. The molecule has 13 heavy (non-hydrogen) atoms. The van der Waals surface area contributed by atoms with Crippen LogP contribution in [0.4, 0.5) is 0 Å². The van der Waals surface area contributed by atoms with Crippen LogP contribution < -0.4 is 5.73 Å². The fourth-order valence-electron chi connectivity index (χ4n) is 1.31. The van der Waals surface area contributed by atoms with Gasteiger partial charge < -0.3 is 30.5 Å². The molecule has 0 aromatic heterocycles. The highest BCUT2D eigenvalue weighted by atomic mass is 16.7. The number of aliphatic hydroxyl groups excluding tert-OH is 3. The zero-order valence-electron chi connectivity index (χ0n) is 7.33. The van der Waals surface area contributed by atoms with Crippen molar-refractivity contribution >= 4 is 0 Å². The van der Waals surface area contributed by atoms with Crippen molar-refractivity contribution in [2.24, 2.45) is 5.73 Å². The van der Waals surface area contributed by atoms with Gasteiger partial charge in [0, 0.05) is 13.7 Å². The van der Waals surface area contributed by atoms with Crippen molar-refractivity contribution in [1.82, 2.24) is 0 Å². The summed E-state index contributed by atoms with van der Waals surface area (Å²) in [5.74, 6) is 0. The second-order valence-electron chi connectivity index (χ2n) is 2.99. The number of methoxy groups -OCH3 is 1. The van der Waals surface area contributed by atoms with Gasteiger partial charge >= 0.3 is 0 Å². The predicted octanol–water partition coefficient (Wildman–Crippen LogP) is -2.60. The number of aliphatic hydroxyl groups is 3. The van der Waals surface area contributed by atoms with Crippen molar-refractivity contribution < 1.29 is 24.8 Å². The van der Waals surface area contributed by atoms with E-state index in [2.05, 4.69) is 0 Å². The molecule has 6 heteroatoms. The van der Waals surface area contributed by atoms with Gasteiger partial charge in [-0.3, -0.25) is 0 Å². The number of nitrogens with two attached hydrogens (primary N) is 1. The van der Waals surface area contributed by atoms with Gasteiger partial charge in [0.05, 0.1) is 0 Å². The summed E-state index contributed by atoms with van der Waals surface area (Å²) in [4.78, 5) is 0. The van der Waals surface area contributed by atoms with Gasteiger partial charge in [-0.05, 0) is 0 Å². The van der Waals surface area contributed by atoms with Crippen LogP contribution in [0.25, 0.3) is 0 Å². The van der Waals surface area contributed by atoms with E-state index in [4.69, 9.17) is 15.2 Å². The van der Waals surface area contributed by atoms with Crippen LogP contribution in [0.3, 0.4) is 0 Å². The summed E-state index contributed by atoms with van der Waals surface area (Å²) in [5.41, 5.74) is 5.28. The molecule has 0 aromatic rings. The van der Waals surface area contributed by atoms with E-state index >= 15 is 0 Å². The quantitative estimate of drug-likeness (QED) is 0.383. The molecule has 0 spiro atoms. The first-order valence-corrected chi connectivity index (χ1v) is 4.04. The Balaban J connectivity index is 2.66. The molecular formula is C7H15NO5. The Kier molecular flexibility index (Phi) is 3.60. The van der Waals surface area contributed by atoms with E-state index in [1.807, 2.05) is 0 Å². The highest BCUT2D eigenvalue weighted by Crippen LogP contribution is 2.20. The van der Waals surface area contributed by atoms with E-state index in [1.54, 1.807) is 0 Å². The lowest BCUT2D eigenvalue weighted by atomic mass is 9.99. The molecular weight excluding hydrogens is 178 g/mol. The van der Waals surface area contributed by atoms with Gasteiger partial charge in [0.25, 0.3) is 0 Å². The highest BCUT2D eigenvalue weighted by molar-refractivity contribution is 4.89. The molecule has 0 bridgehead atoms. The monoisotopic (exact) mass is 193 g/mol. The van der Waals surface area contributed by atoms with Crippen LogP contribution in [0.5, 0.6) is 0 Å². The summed E-state index contributed by atoms with van der Waals surface area (Å²) < 4.78 is 9.83. The molecule has 0 saturated carbocycles. The molecule has 78 valence electrons. The van der Waals surface area contributed by atoms with E-state index < -0.39 is 30.7 Å². The lowest BCUT2D eigenvalue weighted by molar-refractivity contribution is -0.287. The normalized spacial score (nSPS) is 46.4. The number of hydrogen-bond acceptors (Lipinski definition) is 6. The van der Waals surface area contributed by atoms with Crippen LogP contribution >= 0.6 is 0 Å². The molecule has 5 N–H and O–H groups in total. The highest BCUT2D eigenvalue weighted by Gasteiger charge is 2.43. The van der Waals surface area contributed by atoms with Crippen LogP contribution in [-0.2, 0) is 9.47 Å². The molecule has 6 nitrogen and oxygen atoms in total. The van der Waals surface area contributed by atoms with Crippen LogP contribution in [0.2, 0.25) is 0 Å². The Labute approximate surface area is 75.9 Å². The van der Waals surface area contributed by atoms with Gasteiger partial charge in [-0.15, -0.1) is 0 Å². The zero-order valence-corrected chi connectivity index (χ0v) is 7.33. The predicted molar refractivity (Wildman–Crippen MR) is 42.7 cm³/mol. The molecule has 1 aliphatic rings. The third-order valence-electron chi connectivity index (χ3n) is 2.13. The van der Waals surface area contributed by atoms with E-state index in [1.165, 1.54) is 7.11 Å². The van der Waals surface area contributed by atoms with E-state index in [9.17, 15) is 15.3 Å².